The number of nitrogens with zero attached hydrogens (tertiary/aromatic N) is 3. The third kappa shape index (κ3) is 4.24. The van der Waals surface area contributed by atoms with Crippen molar-refractivity contribution in [3.05, 3.63) is 26.2 Å². The molecule has 2 aromatic rings. The molecule has 0 unspecified atom stereocenters. The summed E-state index contributed by atoms with van der Waals surface area (Å²) in [5.74, 6) is 0. The highest BCUT2D eigenvalue weighted by Gasteiger charge is 2.33. The van der Waals surface area contributed by atoms with E-state index >= 15 is 0 Å². The number of rotatable bonds is 3. The number of fused-ring (bicyclic) bond motifs is 1. The lowest BCUT2D eigenvalue weighted by molar-refractivity contribution is -0.384. The normalized spacial score (nSPS) is 17.4. The molecular weight excluding hydrogens is 392 g/mol. The van der Waals surface area contributed by atoms with Crippen molar-refractivity contribution in [1.82, 2.24) is 10.3 Å². The number of carbonyl (C=O) groups excluding carboxylic acids is 1. The summed E-state index contributed by atoms with van der Waals surface area (Å²) < 4.78 is 6.02. The van der Waals surface area contributed by atoms with Gasteiger partial charge in [0.05, 0.1) is 25.7 Å². The highest BCUT2D eigenvalue weighted by Crippen LogP contribution is 2.43. The monoisotopic (exact) mass is 412 g/mol. The smallest absolute Gasteiger partial charge is 0.407 e. The minimum absolute atomic E-state index is 0.0734. The first-order chi connectivity index (χ1) is 12.5. The first-order valence-corrected chi connectivity index (χ1v) is 9.73. The molecule has 1 amide bonds. The molecule has 0 aliphatic carbocycles. The van der Waals surface area contributed by atoms with Crippen LogP contribution in [0.25, 0.3) is 10.2 Å². The van der Waals surface area contributed by atoms with Crippen LogP contribution in [0.3, 0.4) is 0 Å². The number of hydrogen-bond donors (Lipinski definition) is 1. The molecule has 0 bridgehead atoms. The molecule has 1 aromatic carbocycles. The highest BCUT2D eigenvalue weighted by molar-refractivity contribution is 7.19. The molecule has 146 valence electrons. The fourth-order valence-corrected chi connectivity index (χ4v) is 4.27. The van der Waals surface area contributed by atoms with Crippen molar-refractivity contribution in [3.63, 3.8) is 0 Å². The van der Waals surface area contributed by atoms with Crippen LogP contribution in [-0.2, 0) is 4.74 Å². The van der Waals surface area contributed by atoms with Gasteiger partial charge in [-0.1, -0.05) is 11.6 Å². The summed E-state index contributed by atoms with van der Waals surface area (Å²) in [6.45, 7) is 8.24. The van der Waals surface area contributed by atoms with Crippen molar-refractivity contribution < 1.29 is 14.5 Å². The van der Waals surface area contributed by atoms with Gasteiger partial charge in [-0.25, -0.2) is 9.78 Å². The molecule has 0 spiro atoms. The number of halogens is 1. The van der Waals surface area contributed by atoms with Crippen LogP contribution in [0, 0.1) is 17.0 Å². The lowest BCUT2D eigenvalue weighted by Gasteiger charge is -2.22. The van der Waals surface area contributed by atoms with Crippen molar-refractivity contribution in [2.45, 2.75) is 45.8 Å². The van der Waals surface area contributed by atoms with E-state index in [1.807, 2.05) is 11.8 Å². The topological polar surface area (TPSA) is 97.6 Å². The van der Waals surface area contributed by atoms with Crippen LogP contribution >= 0.6 is 22.9 Å². The van der Waals surface area contributed by atoms with Gasteiger partial charge in [0.2, 0.25) is 0 Å². The van der Waals surface area contributed by atoms with Gasteiger partial charge >= 0.3 is 6.09 Å². The third-order valence-electron chi connectivity index (χ3n) is 4.10. The predicted octanol–water partition coefficient (Wildman–Crippen LogP) is 4.27. The molecule has 2 heterocycles. The maximum absolute atomic E-state index is 12.0. The second-order valence-electron chi connectivity index (χ2n) is 7.47. The molecule has 1 aliphatic rings. The number of ether oxygens (including phenoxy) is 1. The van der Waals surface area contributed by atoms with Gasteiger partial charge in [-0.3, -0.25) is 10.1 Å². The number of aromatic nitrogens is 1. The van der Waals surface area contributed by atoms with Gasteiger partial charge in [0.25, 0.3) is 5.69 Å². The Balaban J connectivity index is 1.88. The Morgan fingerprint density at radius 1 is 1.52 bits per heavy atom. The Hall–Kier alpha value is -2.13. The minimum atomic E-state index is -0.582. The number of alkyl carbamates (subject to hydrolysis) is 1. The number of amides is 1. The zero-order valence-corrected chi connectivity index (χ0v) is 17.1. The Morgan fingerprint density at radius 2 is 2.22 bits per heavy atom. The quantitative estimate of drug-likeness (QED) is 0.597. The maximum Gasteiger partial charge on any atom is 0.407 e. The van der Waals surface area contributed by atoms with Crippen molar-refractivity contribution in [2.24, 2.45) is 0 Å². The zero-order valence-electron chi connectivity index (χ0n) is 15.5. The largest absolute Gasteiger partial charge is 0.444 e. The SMILES string of the molecule is Cc1nc2c(N3CC[C@H](NC(=O)OC(C)(C)C)C3)c([N+](=O)[O-])cc(Cl)c2s1. The molecule has 3 rings (SSSR count). The minimum Gasteiger partial charge on any atom is -0.444 e. The molecule has 1 atom stereocenters. The summed E-state index contributed by atoms with van der Waals surface area (Å²) in [5.41, 5.74) is 0.337. The average Bonchev–Trinajstić information content (AvgIpc) is 3.11. The Labute approximate surface area is 165 Å². The molecule has 1 saturated heterocycles. The first kappa shape index (κ1) is 19.6. The molecule has 0 radical (unpaired) electrons. The van der Waals surface area contributed by atoms with Gasteiger partial charge in [0.1, 0.15) is 16.8 Å². The van der Waals surface area contributed by atoms with Gasteiger partial charge in [0, 0.05) is 19.2 Å². The van der Waals surface area contributed by atoms with Crippen LogP contribution < -0.4 is 10.2 Å². The van der Waals surface area contributed by atoms with E-state index in [1.54, 1.807) is 20.8 Å². The van der Waals surface area contributed by atoms with E-state index in [-0.39, 0.29) is 11.7 Å². The van der Waals surface area contributed by atoms with Crippen molar-refractivity contribution >= 4 is 50.6 Å². The van der Waals surface area contributed by atoms with E-state index in [0.717, 1.165) is 9.71 Å². The summed E-state index contributed by atoms with van der Waals surface area (Å²) in [4.78, 5) is 29.5. The average molecular weight is 413 g/mol. The second kappa shape index (κ2) is 7.12. The summed E-state index contributed by atoms with van der Waals surface area (Å²) in [5, 5.41) is 15.6. The lowest BCUT2D eigenvalue weighted by Crippen LogP contribution is -2.40. The van der Waals surface area contributed by atoms with Gasteiger partial charge in [-0.05, 0) is 34.1 Å². The Morgan fingerprint density at radius 3 is 2.85 bits per heavy atom. The Kier molecular flexibility index (Phi) is 5.18. The molecule has 10 heteroatoms. The number of nitro groups is 1. The maximum atomic E-state index is 12.0. The molecule has 1 aliphatic heterocycles. The van der Waals surface area contributed by atoms with Gasteiger partial charge in [-0.15, -0.1) is 11.3 Å². The van der Waals surface area contributed by atoms with Crippen LogP contribution in [-0.4, -0.2) is 40.7 Å². The highest BCUT2D eigenvalue weighted by atomic mass is 35.5. The molecular formula is C17H21ClN4O4S. The van der Waals surface area contributed by atoms with Crippen LogP contribution in [0.4, 0.5) is 16.2 Å². The van der Waals surface area contributed by atoms with Crippen LogP contribution in [0.1, 0.15) is 32.2 Å². The lowest BCUT2D eigenvalue weighted by atomic mass is 10.2. The standard InChI is InChI=1S/C17H21ClN4O4S/c1-9-19-13-14(12(22(24)25)7-11(18)15(13)27-9)21-6-5-10(8-21)20-16(23)26-17(2,3)4/h7,10H,5-6,8H2,1-4H3,(H,20,23)/t10-/m0/s1. The molecule has 27 heavy (non-hydrogen) atoms. The molecule has 0 saturated carbocycles. The molecule has 8 nitrogen and oxygen atoms in total. The fourth-order valence-electron chi connectivity index (χ4n) is 3.13. The van der Waals surface area contributed by atoms with Crippen LogP contribution in [0.15, 0.2) is 6.07 Å². The Bertz CT molecular complexity index is 908. The van der Waals surface area contributed by atoms with E-state index in [9.17, 15) is 14.9 Å². The number of carbonyl (C=O) groups is 1. The number of anilines is 1. The first-order valence-electron chi connectivity index (χ1n) is 8.53. The van der Waals surface area contributed by atoms with Crippen molar-refractivity contribution in [1.29, 1.82) is 0 Å². The van der Waals surface area contributed by atoms with Crippen molar-refractivity contribution in [3.8, 4) is 0 Å². The number of nitro benzene ring substituents is 1. The molecule has 1 N–H and O–H groups in total. The molecule has 1 fully saturated rings. The number of benzene rings is 1. The summed E-state index contributed by atoms with van der Waals surface area (Å²) in [6.07, 6.45) is 0.165. The molecule has 1 aromatic heterocycles. The van der Waals surface area contributed by atoms with Gasteiger partial charge < -0.3 is 15.0 Å². The summed E-state index contributed by atoms with van der Waals surface area (Å²) in [6, 6.07) is 1.22. The number of thiazole rings is 1. The van der Waals surface area contributed by atoms with Crippen LogP contribution in [0.5, 0.6) is 0 Å². The van der Waals surface area contributed by atoms with Gasteiger partial charge in [0.15, 0.2) is 0 Å². The number of aryl methyl sites for hydroxylation is 1. The van der Waals surface area contributed by atoms with E-state index in [1.165, 1.54) is 17.4 Å². The van der Waals surface area contributed by atoms with E-state index in [0.29, 0.717) is 35.7 Å². The van der Waals surface area contributed by atoms with E-state index in [4.69, 9.17) is 16.3 Å². The number of hydrogen-bond acceptors (Lipinski definition) is 7. The van der Waals surface area contributed by atoms with Gasteiger partial charge in [-0.2, -0.15) is 0 Å². The van der Waals surface area contributed by atoms with Crippen molar-refractivity contribution in [2.75, 3.05) is 18.0 Å². The summed E-state index contributed by atoms with van der Waals surface area (Å²) in [7, 11) is 0. The predicted molar refractivity (Wildman–Crippen MR) is 106 cm³/mol. The zero-order chi connectivity index (χ0) is 19.9. The fraction of sp³-hybridized carbons (Fsp3) is 0.529. The number of nitrogens with one attached hydrogen (secondary N) is 1. The third-order valence-corrected chi connectivity index (χ3v) is 5.52. The second-order valence-corrected chi connectivity index (χ2v) is 9.08. The van der Waals surface area contributed by atoms with Crippen LogP contribution in [0.2, 0.25) is 5.02 Å². The van der Waals surface area contributed by atoms with E-state index in [2.05, 4.69) is 10.3 Å². The van der Waals surface area contributed by atoms with E-state index < -0.39 is 16.6 Å². The summed E-state index contributed by atoms with van der Waals surface area (Å²) >= 11 is 7.64.